The van der Waals surface area contributed by atoms with Crippen molar-refractivity contribution in [3.8, 4) is 0 Å². The molecule has 0 aromatic heterocycles. The lowest BCUT2D eigenvalue weighted by Crippen LogP contribution is -2.51. The Labute approximate surface area is 208 Å². The molecule has 0 aliphatic heterocycles. The van der Waals surface area contributed by atoms with E-state index in [9.17, 15) is 9.59 Å². The third-order valence-corrected chi connectivity index (χ3v) is 7.11. The van der Waals surface area contributed by atoms with Crippen LogP contribution in [0.5, 0.6) is 0 Å². The zero-order chi connectivity index (χ0) is 23.9. The molecule has 172 valence electrons. The van der Waals surface area contributed by atoms with E-state index >= 15 is 0 Å². The number of carbonyl (C=O) groups is 2. The quantitative estimate of drug-likeness (QED) is 0.318. The van der Waals surface area contributed by atoms with E-state index in [1.807, 2.05) is 42.5 Å². The Morgan fingerprint density at radius 2 is 0.971 bits per heavy atom. The van der Waals surface area contributed by atoms with Crippen molar-refractivity contribution in [3.63, 3.8) is 0 Å². The van der Waals surface area contributed by atoms with Crippen molar-refractivity contribution in [3.05, 3.63) is 142 Å². The Morgan fingerprint density at radius 3 is 1.49 bits per heavy atom. The first-order valence-electron chi connectivity index (χ1n) is 11.5. The lowest BCUT2D eigenvalue weighted by molar-refractivity contribution is -0.0557. The average molecular weight is 481 g/mol. The van der Waals surface area contributed by atoms with Crippen LogP contribution in [0.3, 0.4) is 0 Å². The molecule has 7 rings (SSSR count). The molecule has 3 aliphatic carbocycles. The molecule has 0 saturated carbocycles. The summed E-state index contributed by atoms with van der Waals surface area (Å²) >= 11 is 6.40. The summed E-state index contributed by atoms with van der Waals surface area (Å²) in [5, 5.41) is 0.611. The Hall–Kier alpha value is -3.89. The molecule has 0 spiro atoms. The van der Waals surface area contributed by atoms with Crippen molar-refractivity contribution in [2.45, 2.75) is 24.0 Å². The SMILES string of the molecule is O=C(OC1C(OC(=O)c2ccccc2)[C@@H]2c3ccccc3[C@@H]1c1ccc(Cl)cc12)c1ccccc1. The molecule has 4 aromatic rings. The van der Waals surface area contributed by atoms with E-state index in [0.29, 0.717) is 16.1 Å². The third-order valence-electron chi connectivity index (χ3n) is 6.87. The van der Waals surface area contributed by atoms with Gasteiger partial charge in [-0.1, -0.05) is 78.3 Å². The summed E-state index contributed by atoms with van der Waals surface area (Å²) in [6, 6.07) is 31.6. The van der Waals surface area contributed by atoms with Gasteiger partial charge in [-0.3, -0.25) is 0 Å². The van der Waals surface area contributed by atoms with Gasteiger partial charge < -0.3 is 9.47 Å². The largest absolute Gasteiger partial charge is 0.454 e. The lowest BCUT2D eigenvalue weighted by Gasteiger charge is -2.49. The van der Waals surface area contributed by atoms with Gasteiger partial charge in [0.05, 0.1) is 23.0 Å². The second-order valence-electron chi connectivity index (χ2n) is 8.83. The van der Waals surface area contributed by atoms with Gasteiger partial charge >= 0.3 is 11.9 Å². The maximum atomic E-state index is 13.2. The van der Waals surface area contributed by atoms with E-state index in [1.54, 1.807) is 48.5 Å². The van der Waals surface area contributed by atoms with E-state index < -0.39 is 24.1 Å². The number of fused-ring (bicyclic) bond motifs is 1. The van der Waals surface area contributed by atoms with Gasteiger partial charge in [-0.15, -0.1) is 0 Å². The highest BCUT2D eigenvalue weighted by Gasteiger charge is 2.53. The molecule has 0 fully saturated rings. The van der Waals surface area contributed by atoms with E-state index in [-0.39, 0.29) is 11.8 Å². The van der Waals surface area contributed by atoms with Gasteiger partial charge in [-0.25, -0.2) is 9.59 Å². The summed E-state index contributed by atoms with van der Waals surface area (Å²) < 4.78 is 12.3. The van der Waals surface area contributed by atoms with Gasteiger partial charge in [-0.05, 0) is 58.7 Å². The molecule has 2 bridgehead atoms. The molecule has 3 aliphatic rings. The molecule has 5 heteroatoms. The maximum Gasteiger partial charge on any atom is 0.338 e. The predicted octanol–water partition coefficient (Wildman–Crippen LogP) is 6.38. The van der Waals surface area contributed by atoms with Crippen molar-refractivity contribution in [1.82, 2.24) is 0 Å². The maximum absolute atomic E-state index is 13.2. The summed E-state index contributed by atoms with van der Waals surface area (Å²) in [5.41, 5.74) is 5.07. The molecule has 4 nitrogen and oxygen atoms in total. The summed E-state index contributed by atoms with van der Waals surface area (Å²) in [6.45, 7) is 0. The second kappa shape index (κ2) is 8.71. The molecule has 4 aromatic carbocycles. The third kappa shape index (κ3) is 3.71. The Kier molecular flexibility index (Phi) is 5.39. The van der Waals surface area contributed by atoms with Crippen molar-refractivity contribution in [1.29, 1.82) is 0 Å². The first-order valence-corrected chi connectivity index (χ1v) is 11.9. The van der Waals surface area contributed by atoms with Crippen LogP contribution in [0, 0.1) is 0 Å². The minimum atomic E-state index is -0.707. The number of rotatable bonds is 4. The van der Waals surface area contributed by atoms with Crippen LogP contribution in [0.15, 0.2) is 103 Å². The van der Waals surface area contributed by atoms with Crippen molar-refractivity contribution in [2.24, 2.45) is 0 Å². The first kappa shape index (κ1) is 21.6. The molecule has 2 unspecified atom stereocenters. The number of ether oxygens (including phenoxy) is 2. The van der Waals surface area contributed by atoms with Crippen LogP contribution in [-0.2, 0) is 9.47 Å². The van der Waals surface area contributed by atoms with E-state index in [2.05, 4.69) is 12.1 Å². The van der Waals surface area contributed by atoms with E-state index in [4.69, 9.17) is 21.1 Å². The highest BCUT2D eigenvalue weighted by atomic mass is 35.5. The zero-order valence-corrected chi connectivity index (χ0v) is 19.4. The zero-order valence-electron chi connectivity index (χ0n) is 18.6. The summed E-state index contributed by atoms with van der Waals surface area (Å²) in [6.07, 6.45) is -1.40. The van der Waals surface area contributed by atoms with Crippen LogP contribution in [0.4, 0.5) is 0 Å². The fraction of sp³-hybridized carbons (Fsp3) is 0.133. The number of esters is 2. The summed E-state index contributed by atoms with van der Waals surface area (Å²) in [5.74, 6) is -1.50. The van der Waals surface area contributed by atoms with Gasteiger partial charge in [0.2, 0.25) is 0 Å². The Balaban J connectivity index is 1.47. The fourth-order valence-corrected chi connectivity index (χ4v) is 5.58. The summed E-state index contributed by atoms with van der Waals surface area (Å²) in [7, 11) is 0. The second-order valence-corrected chi connectivity index (χ2v) is 9.27. The monoisotopic (exact) mass is 480 g/mol. The molecule has 0 radical (unpaired) electrons. The van der Waals surface area contributed by atoms with Crippen LogP contribution in [0.25, 0.3) is 0 Å². The number of hydrogen-bond acceptors (Lipinski definition) is 4. The topological polar surface area (TPSA) is 52.6 Å². The van der Waals surface area contributed by atoms with Crippen LogP contribution >= 0.6 is 11.6 Å². The van der Waals surface area contributed by atoms with Gasteiger partial charge in [0.1, 0.15) is 0 Å². The van der Waals surface area contributed by atoms with Crippen LogP contribution in [0.1, 0.15) is 54.8 Å². The molecule has 35 heavy (non-hydrogen) atoms. The van der Waals surface area contributed by atoms with E-state index in [1.165, 1.54) is 0 Å². The smallest absolute Gasteiger partial charge is 0.338 e. The normalized spacial score (nSPS) is 21.5. The van der Waals surface area contributed by atoms with Crippen molar-refractivity contribution in [2.75, 3.05) is 0 Å². The first-order chi connectivity index (χ1) is 17.1. The van der Waals surface area contributed by atoms with Crippen LogP contribution in [-0.4, -0.2) is 24.1 Å². The van der Waals surface area contributed by atoms with Gasteiger partial charge in [-0.2, -0.15) is 0 Å². The van der Waals surface area contributed by atoms with Crippen molar-refractivity contribution >= 4 is 23.5 Å². The molecular formula is C30H21ClO4. The standard InChI is InChI=1S/C30H21ClO4/c31-20-15-16-23-24(17-20)26-22-14-8-7-13-21(22)25(23)27(34-29(32)18-9-3-1-4-10-18)28(26)35-30(33)19-11-5-2-6-12-19/h1-17,25-28H/t25-,26-,27?,28?/m1/s1. The minimum Gasteiger partial charge on any atom is -0.454 e. The van der Waals surface area contributed by atoms with Gasteiger partial charge in [0, 0.05) is 5.02 Å². The summed E-state index contributed by atoms with van der Waals surface area (Å²) in [4.78, 5) is 26.4. The molecule has 0 saturated heterocycles. The number of carbonyl (C=O) groups excluding carboxylic acids is 2. The van der Waals surface area contributed by atoms with Crippen LogP contribution < -0.4 is 0 Å². The lowest BCUT2D eigenvalue weighted by atomic mass is 9.61. The number of hydrogen-bond donors (Lipinski definition) is 0. The fourth-order valence-electron chi connectivity index (χ4n) is 5.40. The molecule has 0 N–H and O–H groups in total. The Morgan fingerprint density at radius 1 is 0.543 bits per heavy atom. The number of benzene rings is 4. The molecular weight excluding hydrogens is 460 g/mol. The van der Waals surface area contributed by atoms with Crippen LogP contribution in [0.2, 0.25) is 5.02 Å². The molecule has 0 heterocycles. The predicted molar refractivity (Wildman–Crippen MR) is 133 cm³/mol. The number of halogens is 1. The minimum absolute atomic E-state index is 0.287. The van der Waals surface area contributed by atoms with Gasteiger partial charge in [0.25, 0.3) is 0 Å². The van der Waals surface area contributed by atoms with E-state index in [0.717, 1.165) is 22.3 Å². The Bertz CT molecular complexity index is 1420. The molecule has 4 atom stereocenters. The average Bonchev–Trinajstić information content (AvgIpc) is 2.90. The highest BCUT2D eigenvalue weighted by molar-refractivity contribution is 6.30. The highest BCUT2D eigenvalue weighted by Crippen LogP contribution is 2.55. The van der Waals surface area contributed by atoms with Crippen molar-refractivity contribution < 1.29 is 19.1 Å². The molecule has 0 amide bonds. The van der Waals surface area contributed by atoms with Gasteiger partial charge in [0.15, 0.2) is 12.2 Å².